The van der Waals surface area contributed by atoms with Crippen molar-refractivity contribution in [2.24, 2.45) is 0 Å². The molecule has 2 heteroatoms. The van der Waals surface area contributed by atoms with Crippen LogP contribution in [-0.2, 0) is 13.0 Å². The predicted octanol–water partition coefficient (Wildman–Crippen LogP) is 11.9. The number of rotatable bonds is 8. The summed E-state index contributed by atoms with van der Waals surface area (Å²) in [6, 6.07) is 59.3. The van der Waals surface area contributed by atoms with Crippen LogP contribution >= 0.6 is 11.3 Å². The molecule has 8 aromatic rings. The van der Waals surface area contributed by atoms with Crippen molar-refractivity contribution in [2.75, 3.05) is 0 Å². The summed E-state index contributed by atoms with van der Waals surface area (Å²) in [4.78, 5) is 0. The van der Waals surface area contributed by atoms with E-state index in [1.165, 1.54) is 69.9 Å². The van der Waals surface area contributed by atoms with Gasteiger partial charge in [0, 0.05) is 32.4 Å². The standard InChI is InChI=1S/C44H33NS/c1-3-12-31(13-4-1)24-25-42(45-30-32-14-5-2-6-15-32)38-21-10-19-34(27-38)33-18-9-20-37(26-33)39-22-11-23-40-41-28-35-16-7-8-17-36(35)29-43(41)46-44(39)40/h1-23,25-29,45H,24,30H2/b42-25-. The molecule has 0 radical (unpaired) electrons. The number of hydrogen-bond donors (Lipinski definition) is 1. The highest BCUT2D eigenvalue weighted by Gasteiger charge is 2.13. The molecule has 0 spiro atoms. The summed E-state index contributed by atoms with van der Waals surface area (Å²) in [6.45, 7) is 0.774. The zero-order valence-corrected chi connectivity index (χ0v) is 26.3. The Morgan fingerprint density at radius 1 is 0.522 bits per heavy atom. The Labute approximate surface area is 274 Å². The van der Waals surface area contributed by atoms with Crippen molar-refractivity contribution < 1.29 is 0 Å². The second kappa shape index (κ2) is 12.5. The summed E-state index contributed by atoms with van der Waals surface area (Å²) in [7, 11) is 0. The SMILES string of the molecule is C(/Cc1ccccc1)=C(/NCc1ccccc1)c1cccc(-c2cccc(-c3cccc4c3sc3cc5ccccc5cc34)c2)c1. The first-order valence-electron chi connectivity index (χ1n) is 15.9. The molecule has 7 aromatic carbocycles. The lowest BCUT2D eigenvalue weighted by atomic mass is 9.96. The Kier molecular flexibility index (Phi) is 7.63. The fraction of sp³-hybridized carbons (Fsp3) is 0.0455. The normalized spacial score (nSPS) is 11.8. The third kappa shape index (κ3) is 5.72. The number of fused-ring (bicyclic) bond motifs is 4. The molecule has 0 bridgehead atoms. The summed E-state index contributed by atoms with van der Waals surface area (Å²) in [5.41, 5.74) is 9.85. The van der Waals surface area contributed by atoms with Gasteiger partial charge in [-0.05, 0) is 80.4 Å². The highest BCUT2D eigenvalue weighted by Crippen LogP contribution is 2.42. The molecule has 8 rings (SSSR count). The van der Waals surface area contributed by atoms with Crippen molar-refractivity contribution in [2.45, 2.75) is 13.0 Å². The zero-order chi connectivity index (χ0) is 30.7. The fourth-order valence-corrected chi connectivity index (χ4v) is 7.63. The van der Waals surface area contributed by atoms with E-state index in [1.807, 2.05) is 11.3 Å². The Balaban J connectivity index is 1.15. The van der Waals surface area contributed by atoms with E-state index in [4.69, 9.17) is 0 Å². The lowest BCUT2D eigenvalue weighted by molar-refractivity contribution is 0.886. The Morgan fingerprint density at radius 2 is 1.17 bits per heavy atom. The average molecular weight is 608 g/mol. The van der Waals surface area contributed by atoms with Crippen LogP contribution in [0.15, 0.2) is 170 Å². The molecule has 0 saturated carbocycles. The van der Waals surface area contributed by atoms with Crippen molar-refractivity contribution in [3.63, 3.8) is 0 Å². The molecule has 0 unspecified atom stereocenters. The van der Waals surface area contributed by atoms with E-state index < -0.39 is 0 Å². The molecule has 0 atom stereocenters. The monoisotopic (exact) mass is 607 g/mol. The van der Waals surface area contributed by atoms with Crippen LogP contribution in [0.3, 0.4) is 0 Å². The van der Waals surface area contributed by atoms with Crippen molar-refractivity contribution in [3.05, 3.63) is 187 Å². The minimum atomic E-state index is 0.774. The first kappa shape index (κ1) is 28.1. The summed E-state index contributed by atoms with van der Waals surface area (Å²) in [5, 5.41) is 8.99. The van der Waals surface area contributed by atoms with Crippen LogP contribution < -0.4 is 5.32 Å². The third-order valence-corrected chi connectivity index (χ3v) is 9.96. The van der Waals surface area contributed by atoms with Crippen molar-refractivity contribution in [3.8, 4) is 22.3 Å². The molecule has 0 fully saturated rings. The van der Waals surface area contributed by atoms with Crippen LogP contribution in [0.1, 0.15) is 16.7 Å². The Hall–Kier alpha value is -5.44. The van der Waals surface area contributed by atoms with E-state index in [0.29, 0.717) is 0 Å². The van der Waals surface area contributed by atoms with E-state index in [0.717, 1.165) is 18.7 Å². The fourth-order valence-electron chi connectivity index (χ4n) is 6.36. The van der Waals surface area contributed by atoms with E-state index in [2.05, 4.69) is 175 Å². The van der Waals surface area contributed by atoms with Crippen LogP contribution in [0.25, 0.3) is 58.9 Å². The Morgan fingerprint density at radius 3 is 1.98 bits per heavy atom. The van der Waals surface area contributed by atoms with Gasteiger partial charge in [0.25, 0.3) is 0 Å². The van der Waals surface area contributed by atoms with Crippen molar-refractivity contribution >= 4 is 48.0 Å². The van der Waals surface area contributed by atoms with Crippen LogP contribution in [0, 0.1) is 0 Å². The molecule has 0 aliphatic carbocycles. The van der Waals surface area contributed by atoms with Gasteiger partial charge in [-0.1, -0.05) is 146 Å². The molecule has 1 N–H and O–H groups in total. The number of thiophene rings is 1. The van der Waals surface area contributed by atoms with Crippen LogP contribution in [0.5, 0.6) is 0 Å². The molecular formula is C44H33NS. The molecule has 0 aliphatic heterocycles. The third-order valence-electron chi connectivity index (χ3n) is 8.76. The number of nitrogens with one attached hydrogen (secondary N) is 1. The van der Waals surface area contributed by atoms with E-state index in [1.54, 1.807) is 0 Å². The van der Waals surface area contributed by atoms with E-state index in [9.17, 15) is 0 Å². The average Bonchev–Trinajstić information content (AvgIpc) is 3.49. The summed E-state index contributed by atoms with van der Waals surface area (Å²) in [5.74, 6) is 0. The zero-order valence-electron chi connectivity index (χ0n) is 25.5. The largest absolute Gasteiger partial charge is 0.381 e. The first-order valence-corrected chi connectivity index (χ1v) is 16.7. The molecule has 220 valence electrons. The highest BCUT2D eigenvalue weighted by atomic mass is 32.1. The molecule has 1 heterocycles. The summed E-state index contributed by atoms with van der Waals surface area (Å²) >= 11 is 1.90. The second-order valence-corrected chi connectivity index (χ2v) is 12.8. The van der Waals surface area contributed by atoms with Gasteiger partial charge in [-0.25, -0.2) is 0 Å². The molecular weight excluding hydrogens is 575 g/mol. The van der Waals surface area contributed by atoms with Crippen LogP contribution in [0.4, 0.5) is 0 Å². The van der Waals surface area contributed by atoms with Gasteiger partial charge in [-0.2, -0.15) is 0 Å². The van der Waals surface area contributed by atoms with Gasteiger partial charge in [0.05, 0.1) is 0 Å². The topological polar surface area (TPSA) is 12.0 Å². The number of benzene rings is 7. The summed E-state index contributed by atoms with van der Waals surface area (Å²) < 4.78 is 2.68. The maximum absolute atomic E-state index is 3.75. The maximum Gasteiger partial charge on any atom is 0.0433 e. The lowest BCUT2D eigenvalue weighted by Crippen LogP contribution is -2.12. The molecule has 0 amide bonds. The van der Waals surface area contributed by atoms with E-state index in [-0.39, 0.29) is 0 Å². The first-order chi connectivity index (χ1) is 22.8. The van der Waals surface area contributed by atoms with Crippen molar-refractivity contribution in [1.29, 1.82) is 0 Å². The number of allylic oxidation sites excluding steroid dienone is 1. The van der Waals surface area contributed by atoms with Gasteiger partial charge in [0.2, 0.25) is 0 Å². The van der Waals surface area contributed by atoms with Crippen molar-refractivity contribution in [1.82, 2.24) is 5.32 Å². The van der Waals surface area contributed by atoms with Gasteiger partial charge in [-0.15, -0.1) is 11.3 Å². The predicted molar refractivity (Wildman–Crippen MR) is 199 cm³/mol. The van der Waals surface area contributed by atoms with E-state index >= 15 is 0 Å². The highest BCUT2D eigenvalue weighted by molar-refractivity contribution is 7.26. The minimum Gasteiger partial charge on any atom is -0.381 e. The smallest absolute Gasteiger partial charge is 0.0433 e. The van der Waals surface area contributed by atoms with Crippen LogP contribution in [0.2, 0.25) is 0 Å². The number of hydrogen-bond acceptors (Lipinski definition) is 2. The summed E-state index contributed by atoms with van der Waals surface area (Å²) in [6.07, 6.45) is 3.19. The molecule has 46 heavy (non-hydrogen) atoms. The minimum absolute atomic E-state index is 0.774. The van der Waals surface area contributed by atoms with Gasteiger partial charge >= 0.3 is 0 Å². The van der Waals surface area contributed by atoms with Gasteiger partial charge in [0.1, 0.15) is 0 Å². The lowest BCUT2D eigenvalue weighted by Gasteiger charge is -2.14. The second-order valence-electron chi connectivity index (χ2n) is 11.8. The van der Waals surface area contributed by atoms with Gasteiger partial charge in [0.15, 0.2) is 0 Å². The molecule has 1 aromatic heterocycles. The maximum atomic E-state index is 3.75. The van der Waals surface area contributed by atoms with Gasteiger partial charge < -0.3 is 5.32 Å². The quantitative estimate of drug-likeness (QED) is 0.181. The van der Waals surface area contributed by atoms with Gasteiger partial charge in [-0.3, -0.25) is 0 Å². The molecule has 0 saturated heterocycles. The molecule has 1 nitrogen and oxygen atoms in total. The van der Waals surface area contributed by atoms with Crippen LogP contribution in [-0.4, -0.2) is 0 Å². The molecule has 0 aliphatic rings. The Bertz CT molecular complexity index is 2330.